The molecule has 1 aromatic heterocycles. The summed E-state index contributed by atoms with van der Waals surface area (Å²) in [6, 6.07) is 1.54. The zero-order valence-corrected chi connectivity index (χ0v) is 8.83. The lowest BCUT2D eigenvalue weighted by Crippen LogP contribution is -2.29. The van der Waals surface area contributed by atoms with E-state index in [1.807, 2.05) is 0 Å². The molecule has 0 aliphatic heterocycles. The Morgan fingerprint density at radius 2 is 2.38 bits per heavy atom. The molecule has 0 aromatic carbocycles. The summed E-state index contributed by atoms with van der Waals surface area (Å²) in [5.74, 6) is 0.260. The van der Waals surface area contributed by atoms with E-state index in [2.05, 4.69) is 4.98 Å². The lowest BCUT2D eigenvalue weighted by atomic mass is 10.1. The van der Waals surface area contributed by atoms with Crippen LogP contribution in [0.25, 0.3) is 0 Å². The van der Waals surface area contributed by atoms with Crippen molar-refractivity contribution in [2.75, 3.05) is 18.9 Å². The van der Waals surface area contributed by atoms with E-state index in [-0.39, 0.29) is 30.4 Å². The van der Waals surface area contributed by atoms with Gasteiger partial charge in [-0.25, -0.2) is 4.79 Å². The van der Waals surface area contributed by atoms with Crippen LogP contribution in [0.2, 0.25) is 0 Å². The van der Waals surface area contributed by atoms with E-state index >= 15 is 0 Å². The topological polar surface area (TPSA) is 101 Å². The Kier molecular flexibility index (Phi) is 2.69. The number of nitrogen functional groups attached to an aromatic ring is 1. The molecule has 6 nitrogen and oxygen atoms in total. The van der Waals surface area contributed by atoms with Gasteiger partial charge in [0.1, 0.15) is 5.82 Å². The third-order valence-corrected chi connectivity index (χ3v) is 3.28. The van der Waals surface area contributed by atoms with Crippen molar-refractivity contribution in [3.05, 3.63) is 22.7 Å². The van der Waals surface area contributed by atoms with Crippen LogP contribution < -0.4 is 11.4 Å². The Labute approximate surface area is 92.4 Å². The zero-order valence-electron chi connectivity index (χ0n) is 8.83. The maximum Gasteiger partial charge on any atom is 0.349 e. The molecule has 16 heavy (non-hydrogen) atoms. The normalized spacial score (nSPS) is 28.0. The van der Waals surface area contributed by atoms with Crippen molar-refractivity contribution in [3.8, 4) is 0 Å². The maximum atomic E-state index is 11.5. The van der Waals surface area contributed by atoms with Gasteiger partial charge in [0, 0.05) is 24.8 Å². The molecule has 2 rings (SSSR count). The first-order valence-corrected chi connectivity index (χ1v) is 5.16. The zero-order chi connectivity index (χ0) is 11.8. The van der Waals surface area contributed by atoms with Gasteiger partial charge in [-0.05, 0) is 18.4 Å². The van der Waals surface area contributed by atoms with Crippen LogP contribution in [0.4, 0.5) is 5.82 Å². The SMILES string of the molecule is Nc1ccn(CC2(CO)CC2CO)c(=O)n1. The van der Waals surface area contributed by atoms with Crippen LogP contribution in [-0.4, -0.2) is 33.0 Å². The van der Waals surface area contributed by atoms with Crippen LogP contribution in [0.5, 0.6) is 0 Å². The Hall–Kier alpha value is -1.40. The van der Waals surface area contributed by atoms with E-state index in [4.69, 9.17) is 10.8 Å². The van der Waals surface area contributed by atoms with Gasteiger partial charge in [-0.1, -0.05) is 0 Å². The molecule has 2 atom stereocenters. The van der Waals surface area contributed by atoms with Crippen molar-refractivity contribution in [3.63, 3.8) is 0 Å². The molecule has 0 radical (unpaired) electrons. The number of aliphatic hydroxyl groups is 2. The fourth-order valence-corrected chi connectivity index (χ4v) is 2.03. The van der Waals surface area contributed by atoms with Gasteiger partial charge in [0.05, 0.1) is 6.61 Å². The van der Waals surface area contributed by atoms with Crippen LogP contribution in [-0.2, 0) is 6.54 Å². The highest BCUT2D eigenvalue weighted by Gasteiger charge is 2.53. The predicted molar refractivity (Wildman–Crippen MR) is 57.6 cm³/mol. The fraction of sp³-hybridized carbons (Fsp3) is 0.600. The molecule has 0 saturated heterocycles. The van der Waals surface area contributed by atoms with Crippen molar-refractivity contribution in [2.45, 2.75) is 13.0 Å². The number of nitrogens with two attached hydrogens (primary N) is 1. The molecular formula is C10H15N3O3. The molecular weight excluding hydrogens is 210 g/mol. The summed E-state index contributed by atoms with van der Waals surface area (Å²) in [5.41, 5.74) is 4.59. The number of nitrogens with zero attached hydrogens (tertiary/aromatic N) is 2. The van der Waals surface area contributed by atoms with Gasteiger partial charge in [0.15, 0.2) is 0 Å². The molecule has 1 saturated carbocycles. The second-order valence-corrected chi connectivity index (χ2v) is 4.37. The molecule has 0 amide bonds. The number of anilines is 1. The molecule has 2 unspecified atom stereocenters. The van der Waals surface area contributed by atoms with Crippen molar-refractivity contribution < 1.29 is 10.2 Å². The highest BCUT2D eigenvalue weighted by atomic mass is 16.3. The third-order valence-electron chi connectivity index (χ3n) is 3.28. The Bertz CT molecular complexity index is 445. The molecule has 0 spiro atoms. The maximum absolute atomic E-state index is 11.5. The van der Waals surface area contributed by atoms with E-state index in [0.717, 1.165) is 6.42 Å². The van der Waals surface area contributed by atoms with Gasteiger partial charge in [-0.3, -0.25) is 4.57 Å². The smallest absolute Gasteiger partial charge is 0.349 e. The largest absolute Gasteiger partial charge is 0.396 e. The van der Waals surface area contributed by atoms with E-state index < -0.39 is 5.69 Å². The number of hydrogen-bond acceptors (Lipinski definition) is 5. The molecule has 1 aliphatic rings. The quantitative estimate of drug-likeness (QED) is 0.598. The molecule has 1 aromatic rings. The van der Waals surface area contributed by atoms with Crippen molar-refractivity contribution in [1.82, 2.24) is 9.55 Å². The molecule has 1 fully saturated rings. The summed E-state index contributed by atoms with van der Waals surface area (Å²) >= 11 is 0. The molecule has 6 heteroatoms. The summed E-state index contributed by atoms with van der Waals surface area (Å²) in [6.45, 7) is 0.383. The lowest BCUT2D eigenvalue weighted by Gasteiger charge is -2.15. The highest BCUT2D eigenvalue weighted by molar-refractivity contribution is 5.23. The Morgan fingerprint density at radius 3 is 2.88 bits per heavy atom. The minimum Gasteiger partial charge on any atom is -0.396 e. The van der Waals surface area contributed by atoms with E-state index in [1.165, 1.54) is 4.57 Å². The summed E-state index contributed by atoms with van der Waals surface area (Å²) in [6.07, 6.45) is 2.30. The van der Waals surface area contributed by atoms with Crippen molar-refractivity contribution >= 4 is 5.82 Å². The summed E-state index contributed by atoms with van der Waals surface area (Å²) < 4.78 is 1.42. The second kappa shape index (κ2) is 3.88. The monoisotopic (exact) mass is 225 g/mol. The second-order valence-electron chi connectivity index (χ2n) is 4.37. The van der Waals surface area contributed by atoms with Crippen LogP contribution >= 0.6 is 0 Å². The molecule has 4 N–H and O–H groups in total. The summed E-state index contributed by atoms with van der Waals surface area (Å²) in [7, 11) is 0. The molecule has 1 aliphatic carbocycles. The van der Waals surface area contributed by atoms with Gasteiger partial charge in [0.2, 0.25) is 0 Å². The lowest BCUT2D eigenvalue weighted by molar-refractivity contribution is 0.156. The van der Waals surface area contributed by atoms with Gasteiger partial charge >= 0.3 is 5.69 Å². The van der Waals surface area contributed by atoms with Gasteiger partial charge < -0.3 is 15.9 Å². The van der Waals surface area contributed by atoms with Crippen molar-refractivity contribution in [1.29, 1.82) is 0 Å². The summed E-state index contributed by atoms with van der Waals surface area (Å²) in [5, 5.41) is 18.3. The van der Waals surface area contributed by atoms with E-state index in [0.29, 0.717) is 6.54 Å². The van der Waals surface area contributed by atoms with Crippen LogP contribution in [0.1, 0.15) is 6.42 Å². The minimum atomic E-state index is -0.420. The first kappa shape index (κ1) is 11.1. The number of aliphatic hydroxyl groups excluding tert-OH is 2. The van der Waals surface area contributed by atoms with E-state index in [9.17, 15) is 9.90 Å². The van der Waals surface area contributed by atoms with Crippen LogP contribution in [0.3, 0.4) is 0 Å². The van der Waals surface area contributed by atoms with Gasteiger partial charge in [-0.15, -0.1) is 0 Å². The Balaban J connectivity index is 2.18. The number of rotatable bonds is 4. The van der Waals surface area contributed by atoms with Gasteiger partial charge in [-0.2, -0.15) is 4.98 Å². The van der Waals surface area contributed by atoms with Crippen LogP contribution in [0.15, 0.2) is 17.1 Å². The third kappa shape index (κ3) is 1.81. The first-order valence-electron chi connectivity index (χ1n) is 5.16. The highest BCUT2D eigenvalue weighted by Crippen LogP contribution is 2.52. The first-order chi connectivity index (χ1) is 7.61. The molecule has 0 bridgehead atoms. The number of aromatic nitrogens is 2. The molecule has 1 heterocycles. The minimum absolute atomic E-state index is 0.0327. The standard InChI is InChI=1S/C10H15N3O3/c11-8-1-2-13(9(16)12-8)5-10(6-15)3-7(10)4-14/h1-2,7,14-15H,3-6H2,(H2,11,12,16). The predicted octanol–water partition coefficient (Wildman–Crippen LogP) is -1.18. The number of hydrogen-bond donors (Lipinski definition) is 3. The van der Waals surface area contributed by atoms with E-state index in [1.54, 1.807) is 12.3 Å². The summed E-state index contributed by atoms with van der Waals surface area (Å²) in [4.78, 5) is 15.1. The Morgan fingerprint density at radius 1 is 1.62 bits per heavy atom. The average molecular weight is 225 g/mol. The average Bonchev–Trinajstić information content (AvgIpc) is 2.97. The van der Waals surface area contributed by atoms with Gasteiger partial charge in [0.25, 0.3) is 0 Å². The van der Waals surface area contributed by atoms with Crippen molar-refractivity contribution in [2.24, 2.45) is 11.3 Å². The fourth-order valence-electron chi connectivity index (χ4n) is 2.03. The molecule has 88 valence electrons. The van der Waals surface area contributed by atoms with Crippen LogP contribution in [0, 0.1) is 11.3 Å².